The second kappa shape index (κ2) is 6.62. The van der Waals surface area contributed by atoms with E-state index in [1.807, 2.05) is 14.0 Å². The van der Waals surface area contributed by atoms with Gasteiger partial charge in [-0.2, -0.15) is 0 Å². The monoisotopic (exact) mass is 332 g/mol. The Morgan fingerprint density at radius 3 is 2.96 bits per heavy atom. The molecular weight excluding hydrogens is 312 g/mol. The Balaban J connectivity index is 1.71. The fourth-order valence-corrected chi connectivity index (χ4v) is 4.02. The van der Waals surface area contributed by atoms with Crippen LogP contribution in [0.3, 0.4) is 0 Å². The van der Waals surface area contributed by atoms with Gasteiger partial charge in [0, 0.05) is 30.5 Å². The van der Waals surface area contributed by atoms with E-state index >= 15 is 0 Å². The SMILES string of the molecule is COc1ccc(C(=O)N(C)C[C@@H]2CCCc3sc(C)nc32)nn1. The van der Waals surface area contributed by atoms with Crippen molar-refractivity contribution in [2.45, 2.75) is 32.1 Å². The summed E-state index contributed by atoms with van der Waals surface area (Å²) in [5, 5.41) is 8.90. The van der Waals surface area contributed by atoms with Crippen molar-refractivity contribution in [3.63, 3.8) is 0 Å². The number of thiazole rings is 1. The molecule has 2 aromatic rings. The molecule has 0 bridgehead atoms. The van der Waals surface area contributed by atoms with Gasteiger partial charge in [-0.1, -0.05) is 0 Å². The van der Waals surface area contributed by atoms with Crippen molar-refractivity contribution in [2.75, 3.05) is 20.7 Å². The predicted molar refractivity (Wildman–Crippen MR) is 88.1 cm³/mol. The first kappa shape index (κ1) is 15.9. The normalized spacial score (nSPS) is 16.7. The molecule has 1 amide bonds. The summed E-state index contributed by atoms with van der Waals surface area (Å²) in [6, 6.07) is 3.29. The highest BCUT2D eigenvalue weighted by atomic mass is 32.1. The number of fused-ring (bicyclic) bond motifs is 1. The summed E-state index contributed by atoms with van der Waals surface area (Å²) < 4.78 is 4.97. The van der Waals surface area contributed by atoms with Gasteiger partial charge >= 0.3 is 0 Å². The number of aryl methyl sites for hydroxylation is 2. The van der Waals surface area contributed by atoms with Crippen LogP contribution >= 0.6 is 11.3 Å². The molecule has 0 radical (unpaired) electrons. The minimum atomic E-state index is -0.126. The van der Waals surface area contributed by atoms with E-state index in [1.54, 1.807) is 28.4 Å². The summed E-state index contributed by atoms with van der Waals surface area (Å²) >= 11 is 1.78. The lowest BCUT2D eigenvalue weighted by molar-refractivity contribution is 0.0775. The van der Waals surface area contributed by atoms with Crippen LogP contribution in [0, 0.1) is 6.92 Å². The molecule has 2 aromatic heterocycles. The third-order valence-corrected chi connectivity index (χ3v) is 5.13. The molecule has 0 saturated heterocycles. The van der Waals surface area contributed by atoms with Crippen LogP contribution in [0.2, 0.25) is 0 Å². The maximum Gasteiger partial charge on any atom is 0.274 e. The number of carbonyl (C=O) groups is 1. The summed E-state index contributed by atoms with van der Waals surface area (Å²) in [5.74, 6) is 0.585. The summed E-state index contributed by atoms with van der Waals surface area (Å²) in [4.78, 5) is 20.3. The van der Waals surface area contributed by atoms with Gasteiger partial charge in [-0.3, -0.25) is 4.79 Å². The van der Waals surface area contributed by atoms with Crippen molar-refractivity contribution in [3.05, 3.63) is 33.4 Å². The molecule has 122 valence electrons. The highest BCUT2D eigenvalue weighted by Crippen LogP contribution is 2.35. The number of nitrogens with zero attached hydrogens (tertiary/aromatic N) is 4. The zero-order valence-electron chi connectivity index (χ0n) is 13.6. The molecule has 1 atom stereocenters. The summed E-state index contributed by atoms with van der Waals surface area (Å²) in [5.41, 5.74) is 1.51. The predicted octanol–water partition coefficient (Wildman–Crippen LogP) is 2.44. The number of hydrogen-bond donors (Lipinski definition) is 0. The molecule has 6 nitrogen and oxygen atoms in total. The molecule has 7 heteroatoms. The van der Waals surface area contributed by atoms with Gasteiger partial charge in [0.1, 0.15) is 0 Å². The highest BCUT2D eigenvalue weighted by Gasteiger charge is 2.27. The quantitative estimate of drug-likeness (QED) is 0.860. The van der Waals surface area contributed by atoms with E-state index in [4.69, 9.17) is 4.74 Å². The first-order valence-electron chi connectivity index (χ1n) is 7.68. The zero-order valence-corrected chi connectivity index (χ0v) is 14.4. The summed E-state index contributed by atoms with van der Waals surface area (Å²) in [7, 11) is 3.33. The maximum absolute atomic E-state index is 12.5. The Kier molecular flexibility index (Phi) is 4.56. The molecule has 0 N–H and O–H groups in total. The Hall–Kier alpha value is -2.02. The number of amides is 1. The Morgan fingerprint density at radius 2 is 2.26 bits per heavy atom. The van der Waals surface area contributed by atoms with Crippen LogP contribution in [0.25, 0.3) is 0 Å². The molecule has 23 heavy (non-hydrogen) atoms. The number of methoxy groups -OCH3 is 1. The van der Waals surface area contributed by atoms with Crippen LogP contribution in [0.4, 0.5) is 0 Å². The standard InChI is InChI=1S/C16H20N4O2S/c1-10-17-15-11(5-4-6-13(15)23-10)9-20(2)16(21)12-7-8-14(22-3)19-18-12/h7-8,11H,4-6,9H2,1-3H3/t11-/m0/s1. The largest absolute Gasteiger partial charge is 0.480 e. The van der Waals surface area contributed by atoms with Gasteiger partial charge in [0.15, 0.2) is 5.69 Å². The molecule has 0 aliphatic heterocycles. The lowest BCUT2D eigenvalue weighted by Crippen LogP contribution is -2.33. The lowest BCUT2D eigenvalue weighted by Gasteiger charge is -2.26. The number of ether oxygens (including phenoxy) is 1. The number of likely N-dealkylation sites (N-methyl/N-ethyl adjacent to an activating group) is 1. The van der Waals surface area contributed by atoms with Gasteiger partial charge in [-0.25, -0.2) is 4.98 Å². The van der Waals surface area contributed by atoms with Gasteiger partial charge < -0.3 is 9.64 Å². The van der Waals surface area contributed by atoms with Crippen LogP contribution in [-0.4, -0.2) is 46.7 Å². The van der Waals surface area contributed by atoms with E-state index in [0.29, 0.717) is 24.0 Å². The molecule has 1 aliphatic carbocycles. The van der Waals surface area contributed by atoms with Crippen molar-refractivity contribution >= 4 is 17.2 Å². The van der Waals surface area contributed by atoms with Crippen LogP contribution in [-0.2, 0) is 6.42 Å². The summed E-state index contributed by atoms with van der Waals surface area (Å²) in [6.07, 6.45) is 3.34. The Morgan fingerprint density at radius 1 is 1.43 bits per heavy atom. The van der Waals surface area contributed by atoms with Crippen LogP contribution < -0.4 is 4.74 Å². The number of rotatable bonds is 4. The molecule has 2 heterocycles. The Bertz CT molecular complexity index is 699. The molecule has 0 saturated carbocycles. The minimum Gasteiger partial charge on any atom is -0.480 e. The van der Waals surface area contributed by atoms with Gasteiger partial charge in [0.05, 0.1) is 17.8 Å². The van der Waals surface area contributed by atoms with Crippen molar-refractivity contribution in [1.29, 1.82) is 0 Å². The number of carbonyl (C=O) groups excluding carboxylic acids is 1. The second-order valence-corrected chi connectivity index (χ2v) is 7.06. The van der Waals surface area contributed by atoms with Crippen LogP contribution in [0.15, 0.2) is 12.1 Å². The fourth-order valence-electron chi connectivity index (χ4n) is 2.96. The van der Waals surface area contributed by atoms with Crippen LogP contribution in [0.1, 0.15) is 44.8 Å². The molecule has 0 fully saturated rings. The van der Waals surface area contributed by atoms with E-state index < -0.39 is 0 Å². The van der Waals surface area contributed by atoms with Crippen molar-refractivity contribution in [2.24, 2.45) is 0 Å². The Labute approximate surface area is 139 Å². The first-order chi connectivity index (χ1) is 11.1. The second-order valence-electron chi connectivity index (χ2n) is 5.78. The van der Waals surface area contributed by atoms with E-state index in [-0.39, 0.29) is 5.91 Å². The molecule has 0 aromatic carbocycles. The molecular formula is C16H20N4O2S. The number of aromatic nitrogens is 3. The first-order valence-corrected chi connectivity index (χ1v) is 8.49. The lowest BCUT2D eigenvalue weighted by atomic mass is 9.90. The van der Waals surface area contributed by atoms with Crippen LogP contribution in [0.5, 0.6) is 5.88 Å². The van der Waals surface area contributed by atoms with E-state index in [2.05, 4.69) is 15.2 Å². The molecule has 3 rings (SSSR count). The average molecular weight is 332 g/mol. The van der Waals surface area contributed by atoms with Crippen molar-refractivity contribution in [1.82, 2.24) is 20.1 Å². The van der Waals surface area contributed by atoms with E-state index in [0.717, 1.165) is 24.3 Å². The van der Waals surface area contributed by atoms with E-state index in [9.17, 15) is 4.79 Å². The maximum atomic E-state index is 12.5. The van der Waals surface area contributed by atoms with Gasteiger partial charge in [0.25, 0.3) is 5.91 Å². The summed E-state index contributed by atoms with van der Waals surface area (Å²) in [6.45, 7) is 2.70. The van der Waals surface area contributed by atoms with Gasteiger partial charge in [-0.15, -0.1) is 21.5 Å². The smallest absolute Gasteiger partial charge is 0.274 e. The third-order valence-electron chi connectivity index (χ3n) is 4.09. The van der Waals surface area contributed by atoms with E-state index in [1.165, 1.54) is 17.7 Å². The zero-order chi connectivity index (χ0) is 16.4. The number of hydrogen-bond acceptors (Lipinski definition) is 6. The molecule has 0 spiro atoms. The molecule has 0 unspecified atom stereocenters. The third kappa shape index (κ3) is 3.34. The van der Waals surface area contributed by atoms with Gasteiger partial charge in [0.2, 0.25) is 5.88 Å². The topological polar surface area (TPSA) is 68.2 Å². The molecule has 1 aliphatic rings. The highest BCUT2D eigenvalue weighted by molar-refractivity contribution is 7.11. The van der Waals surface area contributed by atoms with Crippen molar-refractivity contribution in [3.8, 4) is 5.88 Å². The van der Waals surface area contributed by atoms with Crippen molar-refractivity contribution < 1.29 is 9.53 Å². The van der Waals surface area contributed by atoms with Gasteiger partial charge in [-0.05, 0) is 32.3 Å². The average Bonchev–Trinajstić information content (AvgIpc) is 2.95. The minimum absolute atomic E-state index is 0.126. The fraction of sp³-hybridized carbons (Fsp3) is 0.500.